The van der Waals surface area contributed by atoms with Crippen molar-refractivity contribution in [2.75, 3.05) is 17.7 Å². The Bertz CT molecular complexity index is 874. The highest BCUT2D eigenvalue weighted by Gasteiger charge is 2.19. The van der Waals surface area contributed by atoms with Gasteiger partial charge in [0.2, 0.25) is 11.8 Å². The number of nitrogens with one attached hydrogen (secondary N) is 3. The smallest absolute Gasteiger partial charge is 0.241 e. The minimum absolute atomic E-state index is 0.168. The van der Waals surface area contributed by atoms with E-state index in [1.807, 2.05) is 13.0 Å². The van der Waals surface area contributed by atoms with Crippen molar-refractivity contribution in [1.82, 2.24) is 5.32 Å². The summed E-state index contributed by atoms with van der Waals surface area (Å²) in [6.45, 7) is 5.08. The maximum atomic E-state index is 12.6. The van der Waals surface area contributed by atoms with Crippen LogP contribution in [0.5, 0.6) is 5.75 Å². The number of carbonyl (C=O) groups is 2. The molecular weight excluding hydrogens is 401 g/mol. The van der Waals surface area contributed by atoms with Crippen molar-refractivity contribution in [3.8, 4) is 5.75 Å². The zero-order valence-electron chi connectivity index (χ0n) is 16.1. The molecule has 0 aliphatic rings. The molecule has 0 aliphatic carbocycles. The predicted octanol–water partition coefficient (Wildman–Crippen LogP) is 4.64. The van der Waals surface area contributed by atoms with Gasteiger partial charge in [-0.05, 0) is 49.7 Å². The predicted molar refractivity (Wildman–Crippen MR) is 113 cm³/mol. The molecule has 6 nitrogen and oxygen atoms in total. The van der Waals surface area contributed by atoms with Gasteiger partial charge in [-0.2, -0.15) is 0 Å². The van der Waals surface area contributed by atoms with Crippen molar-refractivity contribution < 1.29 is 14.3 Å². The summed E-state index contributed by atoms with van der Waals surface area (Å²) in [6.07, 6.45) is 0. The Labute approximate surface area is 174 Å². The lowest BCUT2D eigenvalue weighted by Gasteiger charge is -2.21. The Kier molecular flexibility index (Phi) is 7.69. The van der Waals surface area contributed by atoms with Gasteiger partial charge in [-0.1, -0.05) is 29.3 Å². The molecule has 8 heteroatoms. The maximum absolute atomic E-state index is 12.6. The summed E-state index contributed by atoms with van der Waals surface area (Å²) in [5, 5.41) is 9.80. The highest BCUT2D eigenvalue weighted by molar-refractivity contribution is 6.35. The molecular formula is C20H23Cl2N3O3. The number of benzene rings is 2. The molecule has 2 aromatic rings. The van der Waals surface area contributed by atoms with Gasteiger partial charge in [0.25, 0.3) is 0 Å². The average Bonchev–Trinajstić information content (AvgIpc) is 2.61. The molecule has 0 heterocycles. The van der Waals surface area contributed by atoms with Gasteiger partial charge in [-0.15, -0.1) is 0 Å². The van der Waals surface area contributed by atoms with Crippen LogP contribution in [0.25, 0.3) is 0 Å². The topological polar surface area (TPSA) is 79.5 Å². The lowest BCUT2D eigenvalue weighted by Crippen LogP contribution is -2.39. The van der Waals surface area contributed by atoms with E-state index >= 15 is 0 Å². The number of carbonyl (C=O) groups excluding carboxylic acids is 2. The molecule has 150 valence electrons. The first-order chi connectivity index (χ1) is 13.2. The molecule has 28 heavy (non-hydrogen) atoms. The van der Waals surface area contributed by atoms with Crippen LogP contribution in [0.2, 0.25) is 10.0 Å². The zero-order valence-corrected chi connectivity index (χ0v) is 17.6. The van der Waals surface area contributed by atoms with Gasteiger partial charge in [0, 0.05) is 28.7 Å². The van der Waals surface area contributed by atoms with E-state index in [4.69, 9.17) is 27.9 Å². The van der Waals surface area contributed by atoms with Crippen molar-refractivity contribution in [3.63, 3.8) is 0 Å². The van der Waals surface area contributed by atoms with Gasteiger partial charge in [-0.25, -0.2) is 0 Å². The highest BCUT2D eigenvalue weighted by Crippen LogP contribution is 2.29. The largest absolute Gasteiger partial charge is 0.495 e. The third-order valence-electron chi connectivity index (χ3n) is 4.10. The van der Waals surface area contributed by atoms with Crippen molar-refractivity contribution in [2.24, 2.45) is 0 Å². The summed E-state index contributed by atoms with van der Waals surface area (Å²) in [5.41, 5.74) is 1.87. The van der Waals surface area contributed by atoms with Gasteiger partial charge in [0.15, 0.2) is 0 Å². The van der Waals surface area contributed by atoms with E-state index in [0.29, 0.717) is 27.2 Å². The first kappa shape index (κ1) is 22.0. The van der Waals surface area contributed by atoms with Crippen molar-refractivity contribution in [2.45, 2.75) is 32.9 Å². The van der Waals surface area contributed by atoms with Crippen LogP contribution in [-0.4, -0.2) is 25.0 Å². The maximum Gasteiger partial charge on any atom is 0.241 e. The highest BCUT2D eigenvalue weighted by atomic mass is 35.5. The van der Waals surface area contributed by atoms with Crippen molar-refractivity contribution >= 4 is 46.4 Å². The monoisotopic (exact) mass is 423 g/mol. The molecule has 0 spiro atoms. The minimum atomic E-state index is -0.518. The molecule has 0 bridgehead atoms. The van der Waals surface area contributed by atoms with Crippen LogP contribution in [0.1, 0.15) is 32.4 Å². The van der Waals surface area contributed by atoms with E-state index in [2.05, 4.69) is 16.0 Å². The van der Waals surface area contributed by atoms with Crippen LogP contribution >= 0.6 is 23.2 Å². The van der Waals surface area contributed by atoms with E-state index in [-0.39, 0.29) is 17.9 Å². The van der Waals surface area contributed by atoms with Crippen LogP contribution in [0.15, 0.2) is 36.4 Å². The number of amides is 2. The summed E-state index contributed by atoms with van der Waals surface area (Å²) >= 11 is 12.2. The molecule has 2 rings (SSSR count). The lowest BCUT2D eigenvalue weighted by molar-refractivity contribution is -0.118. The Morgan fingerprint density at radius 2 is 1.75 bits per heavy atom. The Balaban J connectivity index is 2.10. The number of hydrogen-bond acceptors (Lipinski definition) is 4. The second kappa shape index (κ2) is 9.78. The summed E-state index contributed by atoms with van der Waals surface area (Å²) in [5.74, 6) is 0.0322. The molecule has 0 aliphatic heterocycles. The van der Waals surface area contributed by atoms with Crippen LogP contribution in [0.4, 0.5) is 11.4 Å². The SMILES string of the molecule is COc1ccc(NC(C)=O)cc1NC(=O)C(C)NC(C)c1ccc(Cl)cc1Cl. The number of hydrogen-bond donors (Lipinski definition) is 3. The second-order valence-corrected chi connectivity index (χ2v) is 7.21. The van der Waals surface area contributed by atoms with Gasteiger partial charge in [-0.3, -0.25) is 14.9 Å². The molecule has 3 N–H and O–H groups in total. The lowest BCUT2D eigenvalue weighted by atomic mass is 10.1. The number of halogens is 2. The van der Waals surface area contributed by atoms with Crippen molar-refractivity contribution in [3.05, 3.63) is 52.0 Å². The summed E-state index contributed by atoms with van der Waals surface area (Å²) in [6, 6.07) is 9.58. The fourth-order valence-corrected chi connectivity index (χ4v) is 3.29. The van der Waals surface area contributed by atoms with Gasteiger partial charge in [0.05, 0.1) is 18.8 Å². The van der Waals surface area contributed by atoms with E-state index in [9.17, 15) is 9.59 Å². The molecule has 2 aromatic carbocycles. The first-order valence-electron chi connectivity index (χ1n) is 8.68. The van der Waals surface area contributed by atoms with Gasteiger partial charge < -0.3 is 15.4 Å². The Morgan fingerprint density at radius 3 is 2.36 bits per heavy atom. The minimum Gasteiger partial charge on any atom is -0.495 e. The third kappa shape index (κ3) is 5.86. The third-order valence-corrected chi connectivity index (χ3v) is 4.66. The quantitative estimate of drug-likeness (QED) is 0.605. The number of anilines is 2. The van der Waals surface area contributed by atoms with Gasteiger partial charge >= 0.3 is 0 Å². The molecule has 0 aromatic heterocycles. The Morgan fingerprint density at radius 1 is 1.04 bits per heavy atom. The molecule has 0 radical (unpaired) electrons. The van der Waals surface area contributed by atoms with Gasteiger partial charge in [0.1, 0.15) is 5.75 Å². The molecule has 2 amide bonds. The normalized spacial score (nSPS) is 12.8. The van der Waals surface area contributed by atoms with E-state index in [1.54, 1.807) is 37.3 Å². The zero-order chi connectivity index (χ0) is 20.8. The number of rotatable bonds is 7. The first-order valence-corrected chi connectivity index (χ1v) is 9.44. The van der Waals surface area contributed by atoms with Crippen LogP contribution in [0, 0.1) is 0 Å². The second-order valence-electron chi connectivity index (χ2n) is 6.36. The summed E-state index contributed by atoms with van der Waals surface area (Å²) in [4.78, 5) is 23.9. The molecule has 0 saturated heterocycles. The molecule has 0 saturated carbocycles. The summed E-state index contributed by atoms with van der Waals surface area (Å²) in [7, 11) is 1.51. The van der Waals surface area contributed by atoms with Crippen LogP contribution in [-0.2, 0) is 9.59 Å². The Hall–Kier alpha value is -2.28. The fourth-order valence-electron chi connectivity index (χ4n) is 2.72. The fraction of sp³-hybridized carbons (Fsp3) is 0.300. The number of ether oxygens (including phenoxy) is 1. The molecule has 2 atom stereocenters. The molecule has 0 fully saturated rings. The standard InChI is InChI=1S/C20H23Cl2N3O3/c1-11(16-7-5-14(21)9-17(16)22)23-12(2)20(27)25-18-10-15(24-13(3)26)6-8-19(18)28-4/h5-12,23H,1-4H3,(H,24,26)(H,25,27). The van der Waals surface area contributed by atoms with Crippen LogP contribution < -0.4 is 20.7 Å². The average molecular weight is 424 g/mol. The molecule has 2 unspecified atom stereocenters. The van der Waals surface area contributed by atoms with Crippen molar-refractivity contribution in [1.29, 1.82) is 0 Å². The van der Waals surface area contributed by atoms with E-state index in [0.717, 1.165) is 5.56 Å². The summed E-state index contributed by atoms with van der Waals surface area (Å²) < 4.78 is 5.29. The van der Waals surface area contributed by atoms with Crippen LogP contribution in [0.3, 0.4) is 0 Å². The number of methoxy groups -OCH3 is 1. The van der Waals surface area contributed by atoms with E-state index < -0.39 is 6.04 Å². The van der Waals surface area contributed by atoms with E-state index in [1.165, 1.54) is 14.0 Å².